The van der Waals surface area contributed by atoms with Gasteiger partial charge in [-0.3, -0.25) is 10.2 Å². The van der Waals surface area contributed by atoms with Crippen molar-refractivity contribution in [3.8, 4) is 5.75 Å². The monoisotopic (exact) mass is 647 g/mol. The third-order valence-electron chi connectivity index (χ3n) is 6.90. The summed E-state index contributed by atoms with van der Waals surface area (Å²) in [5, 5.41) is 9.66. The summed E-state index contributed by atoms with van der Waals surface area (Å²) in [6.07, 6.45) is 0.161. The summed E-state index contributed by atoms with van der Waals surface area (Å²) in [4.78, 5) is 19.3. The highest BCUT2D eigenvalue weighted by atomic mass is 79.9. The standard InChI is InChI=1S/C33H31BrClN3O4/c34-27-14-10-25(11-15-27)30-33(21-23-6-2-1-3-7-23,32(40)38-36-22-24-8-4-9-28(35)20-24)37-31(42-30)26-12-16-29(17-13-26)41-19-5-18-39/h1-4,6-17,20,30,36,39H,5,18-19,21-22H2,(H,38,40)/t30-,33-/m0/s1. The SMILES string of the molecule is O=C(NNCc1cccc(Cl)c1)[C@@]1(Cc2ccccc2)N=C(c2ccc(OCCCO)cc2)O[C@H]1c1ccc(Br)cc1. The lowest BCUT2D eigenvalue weighted by molar-refractivity contribution is -0.130. The van der Waals surface area contributed by atoms with Gasteiger partial charge in [-0.1, -0.05) is 82.1 Å². The van der Waals surface area contributed by atoms with E-state index >= 15 is 0 Å². The molecule has 0 unspecified atom stereocenters. The van der Waals surface area contributed by atoms with E-state index in [1.807, 2.05) is 97.1 Å². The second-order valence-corrected chi connectivity index (χ2v) is 11.3. The first kappa shape index (κ1) is 29.8. The Hall–Kier alpha value is -3.69. The zero-order chi connectivity index (χ0) is 29.4. The first-order valence-corrected chi connectivity index (χ1v) is 14.8. The maximum absolute atomic E-state index is 14.2. The second-order valence-electron chi connectivity index (χ2n) is 9.94. The van der Waals surface area contributed by atoms with Gasteiger partial charge in [-0.2, -0.15) is 0 Å². The summed E-state index contributed by atoms with van der Waals surface area (Å²) in [6, 6.07) is 32.4. The molecule has 9 heteroatoms. The molecule has 1 heterocycles. The fourth-order valence-corrected chi connectivity index (χ4v) is 5.29. The van der Waals surface area contributed by atoms with Crippen LogP contribution in [0.25, 0.3) is 0 Å². The number of hydrogen-bond acceptors (Lipinski definition) is 6. The average Bonchev–Trinajstić information content (AvgIpc) is 3.39. The van der Waals surface area contributed by atoms with E-state index in [0.717, 1.165) is 26.7 Å². The van der Waals surface area contributed by atoms with Gasteiger partial charge in [0.25, 0.3) is 5.91 Å². The minimum absolute atomic E-state index is 0.0691. The minimum Gasteiger partial charge on any atom is -0.494 e. The molecule has 216 valence electrons. The number of ether oxygens (including phenoxy) is 2. The first-order chi connectivity index (χ1) is 20.5. The van der Waals surface area contributed by atoms with Gasteiger partial charge >= 0.3 is 0 Å². The summed E-state index contributed by atoms with van der Waals surface area (Å²) in [7, 11) is 0. The molecule has 0 aliphatic carbocycles. The molecule has 0 spiro atoms. The van der Waals surface area contributed by atoms with Crippen molar-refractivity contribution < 1.29 is 19.4 Å². The van der Waals surface area contributed by atoms with E-state index in [-0.39, 0.29) is 12.5 Å². The number of halogens is 2. The second kappa shape index (κ2) is 14.0. The Labute approximate surface area is 258 Å². The van der Waals surface area contributed by atoms with E-state index in [1.165, 1.54) is 0 Å². The number of benzene rings is 4. The quantitative estimate of drug-likeness (QED) is 0.126. The topological polar surface area (TPSA) is 92.2 Å². The van der Waals surface area contributed by atoms with Crippen LogP contribution >= 0.6 is 27.5 Å². The Kier molecular flexibility index (Phi) is 9.92. The van der Waals surface area contributed by atoms with Gasteiger partial charge in [0.05, 0.1) is 6.61 Å². The van der Waals surface area contributed by atoms with E-state index in [2.05, 4.69) is 26.8 Å². The molecular weight excluding hydrogens is 618 g/mol. The maximum Gasteiger partial charge on any atom is 0.266 e. The molecule has 1 amide bonds. The van der Waals surface area contributed by atoms with Gasteiger partial charge in [-0.05, 0) is 65.2 Å². The highest BCUT2D eigenvalue weighted by Gasteiger charge is 2.53. The Morgan fingerprint density at radius 2 is 1.71 bits per heavy atom. The zero-order valence-corrected chi connectivity index (χ0v) is 25.1. The van der Waals surface area contributed by atoms with Gasteiger partial charge < -0.3 is 14.6 Å². The van der Waals surface area contributed by atoms with Crippen molar-refractivity contribution >= 4 is 39.3 Å². The zero-order valence-electron chi connectivity index (χ0n) is 22.8. The molecule has 3 N–H and O–H groups in total. The van der Waals surface area contributed by atoms with Crippen LogP contribution in [-0.2, 0) is 22.5 Å². The molecule has 7 nitrogen and oxygen atoms in total. The summed E-state index contributed by atoms with van der Waals surface area (Å²) in [5.41, 5.74) is 8.07. The van der Waals surface area contributed by atoms with Gasteiger partial charge in [0.2, 0.25) is 5.90 Å². The molecule has 0 saturated heterocycles. The molecule has 1 aliphatic heterocycles. The predicted octanol–water partition coefficient (Wildman–Crippen LogP) is 6.18. The van der Waals surface area contributed by atoms with Crippen LogP contribution in [0.4, 0.5) is 0 Å². The summed E-state index contributed by atoms with van der Waals surface area (Å²) >= 11 is 9.66. The number of carbonyl (C=O) groups is 1. The van der Waals surface area contributed by atoms with Crippen LogP contribution in [0.3, 0.4) is 0 Å². The number of aliphatic imine (C=N–C) groups is 1. The van der Waals surface area contributed by atoms with Crippen molar-refractivity contribution in [2.75, 3.05) is 13.2 Å². The van der Waals surface area contributed by atoms with Gasteiger partial charge in [0.1, 0.15) is 5.75 Å². The highest BCUT2D eigenvalue weighted by Crippen LogP contribution is 2.42. The van der Waals surface area contributed by atoms with Crippen molar-refractivity contribution in [1.82, 2.24) is 10.9 Å². The van der Waals surface area contributed by atoms with Gasteiger partial charge in [-0.25, -0.2) is 10.4 Å². The van der Waals surface area contributed by atoms with Crippen LogP contribution in [0.1, 0.15) is 34.8 Å². The number of nitrogens with zero attached hydrogens (tertiary/aromatic N) is 1. The molecule has 0 fully saturated rings. The van der Waals surface area contributed by atoms with Crippen molar-refractivity contribution in [2.45, 2.75) is 31.0 Å². The van der Waals surface area contributed by atoms with Crippen molar-refractivity contribution in [2.24, 2.45) is 4.99 Å². The summed E-state index contributed by atoms with van der Waals surface area (Å²) in [5.74, 6) is 0.722. The summed E-state index contributed by atoms with van der Waals surface area (Å²) < 4.78 is 13.2. The van der Waals surface area contributed by atoms with Gasteiger partial charge in [-0.15, -0.1) is 0 Å². The van der Waals surface area contributed by atoms with Crippen LogP contribution in [0.5, 0.6) is 5.75 Å². The van der Waals surface area contributed by atoms with Crippen LogP contribution in [-0.4, -0.2) is 35.7 Å². The number of carbonyl (C=O) groups excluding carboxylic acids is 1. The molecule has 4 aromatic rings. The molecule has 1 aliphatic rings. The van der Waals surface area contributed by atoms with E-state index in [0.29, 0.717) is 42.7 Å². The number of rotatable bonds is 12. The first-order valence-electron chi connectivity index (χ1n) is 13.6. The van der Waals surface area contributed by atoms with Crippen LogP contribution in [0.15, 0.2) is 113 Å². The number of nitrogens with one attached hydrogen (secondary N) is 2. The van der Waals surface area contributed by atoms with Crippen molar-refractivity contribution in [1.29, 1.82) is 0 Å². The minimum atomic E-state index is -1.32. The van der Waals surface area contributed by atoms with E-state index in [4.69, 9.17) is 31.2 Å². The molecule has 2 atom stereocenters. The lowest BCUT2D eigenvalue weighted by Gasteiger charge is -2.31. The Balaban J connectivity index is 1.49. The number of aliphatic hydroxyl groups is 1. The highest BCUT2D eigenvalue weighted by molar-refractivity contribution is 9.10. The molecule has 0 radical (unpaired) electrons. The smallest absolute Gasteiger partial charge is 0.266 e. The fraction of sp³-hybridized carbons (Fsp3) is 0.212. The molecular formula is C33H31BrClN3O4. The lowest BCUT2D eigenvalue weighted by atomic mass is 9.82. The van der Waals surface area contributed by atoms with Crippen molar-refractivity contribution in [3.05, 3.63) is 135 Å². The number of hydrazine groups is 1. The van der Waals surface area contributed by atoms with Crippen molar-refractivity contribution in [3.63, 3.8) is 0 Å². The molecule has 42 heavy (non-hydrogen) atoms. The average molecular weight is 649 g/mol. The molecule has 5 rings (SSSR count). The van der Waals surface area contributed by atoms with Gasteiger partial charge in [0, 0.05) is 41.1 Å². The maximum atomic E-state index is 14.2. The normalized spacial score (nSPS) is 17.8. The third kappa shape index (κ3) is 7.20. The molecule has 0 saturated carbocycles. The number of hydrogen-bond donors (Lipinski definition) is 3. The Morgan fingerprint density at radius 3 is 2.43 bits per heavy atom. The lowest BCUT2D eigenvalue weighted by Crippen LogP contribution is -2.53. The predicted molar refractivity (Wildman–Crippen MR) is 167 cm³/mol. The third-order valence-corrected chi connectivity index (χ3v) is 7.67. The van der Waals surface area contributed by atoms with Crippen LogP contribution in [0, 0.1) is 0 Å². The Morgan fingerprint density at radius 1 is 0.976 bits per heavy atom. The molecule has 0 aromatic heterocycles. The molecule has 4 aromatic carbocycles. The number of amides is 1. The van der Waals surface area contributed by atoms with E-state index < -0.39 is 11.6 Å². The van der Waals surface area contributed by atoms with Crippen LogP contribution < -0.4 is 15.6 Å². The largest absolute Gasteiger partial charge is 0.494 e. The number of aliphatic hydroxyl groups excluding tert-OH is 1. The van der Waals surface area contributed by atoms with E-state index in [1.54, 1.807) is 6.07 Å². The molecule has 0 bridgehead atoms. The van der Waals surface area contributed by atoms with Crippen LogP contribution in [0.2, 0.25) is 5.02 Å². The fourth-order valence-electron chi connectivity index (χ4n) is 4.81. The summed E-state index contributed by atoms with van der Waals surface area (Å²) in [6.45, 7) is 0.868. The van der Waals surface area contributed by atoms with Gasteiger partial charge in [0.15, 0.2) is 11.6 Å². The Bertz CT molecular complexity index is 1520. The van der Waals surface area contributed by atoms with E-state index in [9.17, 15) is 4.79 Å².